The first-order valence-electron chi connectivity index (χ1n) is 11.0. The van der Waals surface area contributed by atoms with Crippen LogP contribution in [0.2, 0.25) is 0 Å². The molecule has 1 aliphatic rings. The molecule has 166 valence electrons. The molecule has 0 aliphatic carbocycles. The number of hydrogen-bond acceptors (Lipinski definition) is 3. The van der Waals surface area contributed by atoms with Gasteiger partial charge in [-0.3, -0.25) is 9.78 Å². The van der Waals surface area contributed by atoms with Gasteiger partial charge in [-0.15, -0.1) is 0 Å². The van der Waals surface area contributed by atoms with E-state index >= 15 is 0 Å². The first kappa shape index (κ1) is 22.0. The summed E-state index contributed by atoms with van der Waals surface area (Å²) in [5.41, 5.74) is 3.98. The first-order chi connectivity index (χ1) is 15.5. The van der Waals surface area contributed by atoms with Crippen molar-refractivity contribution < 1.29 is 4.79 Å². The Morgan fingerprint density at radius 3 is 2.66 bits per heavy atom. The van der Waals surface area contributed by atoms with Crippen molar-refractivity contribution in [2.24, 2.45) is 0 Å². The number of nitrogens with one attached hydrogen (secondary N) is 2. The minimum atomic E-state index is -0.0875. The third kappa shape index (κ3) is 4.53. The number of para-hydroxylation sites is 1. The molecule has 1 aliphatic heterocycles. The van der Waals surface area contributed by atoms with E-state index < -0.39 is 0 Å². The molecule has 0 radical (unpaired) electrons. The number of anilines is 1. The molecule has 1 fully saturated rings. The van der Waals surface area contributed by atoms with Crippen LogP contribution in [0.15, 0.2) is 67.0 Å². The lowest BCUT2D eigenvalue weighted by atomic mass is 10.0. The molecule has 0 unspecified atom stereocenters. The standard InChI is InChI=1S/C25H29N5OS/c1-17(2)29-15-8-12-21(29)24-23(20-11-6-7-14-26-20)28-25(32)30(24)16-13-22(31)27-19-10-5-4-9-18(19)3/h4-12,14-15,17,23-24H,13,16H2,1-3H3,(H,27,31)(H,28,32)/t23-,24-/m0/s1. The lowest BCUT2D eigenvalue weighted by molar-refractivity contribution is -0.116. The smallest absolute Gasteiger partial charge is 0.226 e. The van der Waals surface area contributed by atoms with Gasteiger partial charge >= 0.3 is 0 Å². The number of pyridine rings is 1. The molecule has 2 aromatic heterocycles. The summed E-state index contributed by atoms with van der Waals surface area (Å²) in [6, 6.07) is 18.1. The van der Waals surface area contributed by atoms with E-state index in [-0.39, 0.29) is 18.0 Å². The highest BCUT2D eigenvalue weighted by Crippen LogP contribution is 2.39. The molecule has 1 aromatic carbocycles. The molecule has 6 nitrogen and oxygen atoms in total. The number of carbonyl (C=O) groups is 1. The molecule has 0 saturated carbocycles. The SMILES string of the molecule is Cc1ccccc1NC(=O)CCN1C(=S)N[C@@H](c2ccccn2)[C@@H]1c1cccn1C(C)C. The minimum Gasteiger partial charge on any atom is -0.352 e. The Hall–Kier alpha value is -3.19. The third-order valence-electron chi connectivity index (χ3n) is 5.87. The molecular formula is C25H29N5OS. The van der Waals surface area contributed by atoms with Crippen molar-refractivity contribution in [2.45, 2.75) is 45.3 Å². The molecule has 4 rings (SSSR count). The second-order valence-electron chi connectivity index (χ2n) is 8.37. The molecule has 0 bridgehead atoms. The predicted molar refractivity (Wildman–Crippen MR) is 131 cm³/mol. The summed E-state index contributed by atoms with van der Waals surface area (Å²) in [4.78, 5) is 19.4. The quantitative estimate of drug-likeness (QED) is 0.511. The zero-order valence-corrected chi connectivity index (χ0v) is 19.5. The van der Waals surface area contributed by atoms with Crippen molar-refractivity contribution in [2.75, 3.05) is 11.9 Å². The maximum atomic E-state index is 12.7. The molecule has 0 spiro atoms. The Morgan fingerprint density at radius 2 is 1.94 bits per heavy atom. The Balaban J connectivity index is 1.58. The van der Waals surface area contributed by atoms with Crippen LogP contribution in [0.25, 0.3) is 0 Å². The van der Waals surface area contributed by atoms with Gasteiger partial charge in [-0.25, -0.2) is 0 Å². The van der Waals surface area contributed by atoms with Gasteiger partial charge in [0.05, 0.1) is 17.8 Å². The lowest BCUT2D eigenvalue weighted by Crippen LogP contribution is -2.33. The van der Waals surface area contributed by atoms with Crippen molar-refractivity contribution in [3.05, 3.63) is 83.9 Å². The second kappa shape index (κ2) is 9.53. The largest absolute Gasteiger partial charge is 0.352 e. The van der Waals surface area contributed by atoms with Crippen molar-refractivity contribution in [3.63, 3.8) is 0 Å². The maximum Gasteiger partial charge on any atom is 0.226 e. The number of amides is 1. The van der Waals surface area contributed by atoms with E-state index in [0.717, 1.165) is 22.6 Å². The topological polar surface area (TPSA) is 62.2 Å². The first-order valence-corrected chi connectivity index (χ1v) is 11.4. The average Bonchev–Trinajstić information content (AvgIpc) is 3.39. The molecule has 1 amide bonds. The summed E-state index contributed by atoms with van der Waals surface area (Å²) < 4.78 is 2.26. The van der Waals surface area contributed by atoms with Crippen molar-refractivity contribution in [3.8, 4) is 0 Å². The minimum absolute atomic E-state index is 0.0265. The van der Waals surface area contributed by atoms with E-state index in [1.165, 1.54) is 0 Å². The molecule has 2 atom stereocenters. The van der Waals surface area contributed by atoms with E-state index in [0.29, 0.717) is 24.1 Å². The Kier molecular flexibility index (Phi) is 6.55. The molecular weight excluding hydrogens is 418 g/mol. The second-order valence-corrected chi connectivity index (χ2v) is 8.75. The van der Waals surface area contributed by atoms with Gasteiger partial charge in [0.25, 0.3) is 0 Å². The van der Waals surface area contributed by atoms with Gasteiger partial charge in [0.1, 0.15) is 0 Å². The number of rotatable bonds is 7. The highest BCUT2D eigenvalue weighted by atomic mass is 32.1. The number of benzene rings is 1. The zero-order chi connectivity index (χ0) is 22.7. The van der Waals surface area contributed by atoms with E-state index in [2.05, 4.69) is 57.3 Å². The number of aromatic nitrogens is 2. The lowest BCUT2D eigenvalue weighted by Gasteiger charge is -2.29. The third-order valence-corrected chi connectivity index (χ3v) is 6.22. The number of thiocarbonyl (C=S) groups is 1. The number of hydrogen-bond donors (Lipinski definition) is 2. The molecule has 1 saturated heterocycles. The summed E-state index contributed by atoms with van der Waals surface area (Å²) in [7, 11) is 0. The number of aryl methyl sites for hydroxylation is 1. The van der Waals surface area contributed by atoms with Crippen LogP contribution >= 0.6 is 12.2 Å². The van der Waals surface area contributed by atoms with Crippen LogP contribution in [-0.2, 0) is 4.79 Å². The monoisotopic (exact) mass is 447 g/mol. The fourth-order valence-electron chi connectivity index (χ4n) is 4.24. The highest BCUT2D eigenvalue weighted by Gasteiger charge is 2.41. The van der Waals surface area contributed by atoms with Gasteiger partial charge in [-0.05, 0) is 68.9 Å². The van der Waals surface area contributed by atoms with Gasteiger partial charge < -0.3 is 20.1 Å². The summed E-state index contributed by atoms with van der Waals surface area (Å²) in [5.74, 6) is -0.0265. The Labute approximate surface area is 194 Å². The molecule has 3 aromatic rings. The summed E-state index contributed by atoms with van der Waals surface area (Å²) >= 11 is 5.73. The molecule has 3 heterocycles. The van der Waals surface area contributed by atoms with E-state index in [4.69, 9.17) is 12.2 Å². The average molecular weight is 448 g/mol. The van der Waals surface area contributed by atoms with Crippen molar-refractivity contribution in [1.29, 1.82) is 0 Å². The van der Waals surface area contributed by atoms with Gasteiger partial charge in [0.15, 0.2) is 5.11 Å². The van der Waals surface area contributed by atoms with E-state index in [1.807, 2.05) is 49.4 Å². The number of nitrogens with zero attached hydrogens (tertiary/aromatic N) is 3. The van der Waals surface area contributed by atoms with Crippen LogP contribution in [0.3, 0.4) is 0 Å². The molecule has 7 heteroatoms. The van der Waals surface area contributed by atoms with Crippen LogP contribution in [0.1, 0.15) is 55.3 Å². The summed E-state index contributed by atoms with van der Waals surface area (Å²) in [5, 5.41) is 7.13. The van der Waals surface area contributed by atoms with Gasteiger partial charge in [0, 0.05) is 42.8 Å². The van der Waals surface area contributed by atoms with Crippen LogP contribution < -0.4 is 10.6 Å². The van der Waals surface area contributed by atoms with Crippen LogP contribution in [0.5, 0.6) is 0 Å². The van der Waals surface area contributed by atoms with Crippen LogP contribution in [0.4, 0.5) is 5.69 Å². The van der Waals surface area contributed by atoms with Gasteiger partial charge in [0.2, 0.25) is 5.91 Å². The number of carbonyl (C=O) groups excluding carboxylic acids is 1. The maximum absolute atomic E-state index is 12.7. The fourth-order valence-corrected chi connectivity index (χ4v) is 4.58. The van der Waals surface area contributed by atoms with Gasteiger partial charge in [-0.2, -0.15) is 0 Å². The van der Waals surface area contributed by atoms with E-state index in [1.54, 1.807) is 6.20 Å². The van der Waals surface area contributed by atoms with E-state index in [9.17, 15) is 4.79 Å². The van der Waals surface area contributed by atoms with Crippen LogP contribution in [0, 0.1) is 6.92 Å². The molecule has 2 N–H and O–H groups in total. The van der Waals surface area contributed by atoms with Crippen molar-refractivity contribution in [1.82, 2.24) is 19.8 Å². The van der Waals surface area contributed by atoms with Crippen LogP contribution in [-0.4, -0.2) is 32.0 Å². The predicted octanol–water partition coefficient (Wildman–Crippen LogP) is 4.77. The molecule has 32 heavy (non-hydrogen) atoms. The normalized spacial score (nSPS) is 18.1. The van der Waals surface area contributed by atoms with Crippen molar-refractivity contribution >= 4 is 28.9 Å². The fraction of sp³-hybridized carbons (Fsp3) is 0.320. The highest BCUT2D eigenvalue weighted by molar-refractivity contribution is 7.80. The van der Waals surface area contributed by atoms with Gasteiger partial charge in [-0.1, -0.05) is 24.3 Å². The zero-order valence-electron chi connectivity index (χ0n) is 18.7. The Bertz CT molecular complexity index is 1090. The summed E-state index contributed by atoms with van der Waals surface area (Å²) in [6.07, 6.45) is 4.24. The Morgan fingerprint density at radius 1 is 1.16 bits per heavy atom. The summed E-state index contributed by atoms with van der Waals surface area (Å²) in [6.45, 7) is 6.84.